The van der Waals surface area contributed by atoms with E-state index in [9.17, 15) is 9.36 Å². The lowest BCUT2D eigenvalue weighted by Crippen LogP contribution is -2.14. The van der Waals surface area contributed by atoms with Crippen molar-refractivity contribution in [3.05, 3.63) is 46.9 Å². The molecule has 9 nitrogen and oxygen atoms in total. The molecule has 0 fully saturated rings. The fourth-order valence-corrected chi connectivity index (χ4v) is 2.11. The quantitative estimate of drug-likeness (QED) is 0.703. The predicted octanol–water partition coefficient (Wildman–Crippen LogP) is 1.73. The van der Waals surface area contributed by atoms with E-state index in [2.05, 4.69) is 19.8 Å². The Morgan fingerprint density at radius 3 is 2.65 bits per heavy atom. The minimum absolute atomic E-state index is 0.0381. The number of rotatable bonds is 4. The standard InChI is InChI=1S/C12H8ClN4O5P/c13-7-1-2-10(22-23(19,20)21)9(3-7)12(18)17-11-6-15-8(4-14)5-16-11/h1-3,5-6H,(H,16,17,18)(H2,19,20,21). The third-order valence-electron chi connectivity index (χ3n) is 2.41. The molecule has 0 spiro atoms. The van der Waals surface area contributed by atoms with E-state index in [0.717, 1.165) is 18.5 Å². The van der Waals surface area contributed by atoms with Gasteiger partial charge in [-0.2, -0.15) is 5.26 Å². The SMILES string of the molecule is N#Cc1cnc(NC(=O)c2cc(Cl)ccc2OP(=O)(O)O)cn1. The zero-order chi connectivity index (χ0) is 17.0. The van der Waals surface area contributed by atoms with Crippen LogP contribution in [0.2, 0.25) is 5.02 Å². The lowest BCUT2D eigenvalue weighted by molar-refractivity contribution is 0.102. The molecule has 1 amide bonds. The number of nitriles is 1. The summed E-state index contributed by atoms with van der Waals surface area (Å²) in [6, 6.07) is 5.41. The van der Waals surface area contributed by atoms with E-state index in [-0.39, 0.29) is 27.8 Å². The van der Waals surface area contributed by atoms with Crippen molar-refractivity contribution in [3.8, 4) is 11.8 Å². The van der Waals surface area contributed by atoms with Crippen LogP contribution in [0, 0.1) is 11.3 Å². The van der Waals surface area contributed by atoms with Gasteiger partial charge in [0.1, 0.15) is 11.8 Å². The highest BCUT2D eigenvalue weighted by molar-refractivity contribution is 7.46. The second-order valence-corrected chi connectivity index (χ2v) is 5.68. The normalized spacial score (nSPS) is 10.7. The highest BCUT2D eigenvalue weighted by Crippen LogP contribution is 2.39. The minimum Gasteiger partial charge on any atom is -0.403 e. The van der Waals surface area contributed by atoms with E-state index < -0.39 is 13.7 Å². The maximum Gasteiger partial charge on any atom is 0.524 e. The van der Waals surface area contributed by atoms with Crippen LogP contribution >= 0.6 is 19.4 Å². The van der Waals surface area contributed by atoms with Gasteiger partial charge in [-0.05, 0) is 18.2 Å². The number of phosphoric acid groups is 1. The van der Waals surface area contributed by atoms with E-state index in [0.29, 0.717) is 0 Å². The first-order valence-corrected chi connectivity index (χ1v) is 7.77. The number of amides is 1. The van der Waals surface area contributed by atoms with Crippen LogP contribution in [0.15, 0.2) is 30.6 Å². The highest BCUT2D eigenvalue weighted by atomic mass is 35.5. The van der Waals surface area contributed by atoms with Gasteiger partial charge >= 0.3 is 7.82 Å². The lowest BCUT2D eigenvalue weighted by Gasteiger charge is -2.12. The number of aromatic nitrogens is 2. The summed E-state index contributed by atoms with van der Waals surface area (Å²) in [6.07, 6.45) is 2.31. The fraction of sp³-hybridized carbons (Fsp3) is 0. The van der Waals surface area contributed by atoms with Crippen molar-refractivity contribution in [1.29, 1.82) is 5.26 Å². The Kier molecular flexibility index (Phi) is 4.93. The molecule has 11 heteroatoms. The number of hydrogen-bond acceptors (Lipinski definition) is 6. The molecule has 0 atom stereocenters. The first kappa shape index (κ1) is 16.9. The van der Waals surface area contributed by atoms with Crippen molar-refractivity contribution in [3.63, 3.8) is 0 Å². The summed E-state index contributed by atoms with van der Waals surface area (Å²) in [7, 11) is -4.85. The summed E-state index contributed by atoms with van der Waals surface area (Å²) in [5.74, 6) is -1.08. The van der Waals surface area contributed by atoms with E-state index >= 15 is 0 Å². The Hall–Kier alpha value is -2.50. The molecule has 0 aliphatic heterocycles. The second kappa shape index (κ2) is 6.73. The number of hydrogen-bond donors (Lipinski definition) is 3. The Labute approximate surface area is 134 Å². The summed E-state index contributed by atoms with van der Waals surface area (Å²) < 4.78 is 15.4. The summed E-state index contributed by atoms with van der Waals surface area (Å²) in [6.45, 7) is 0. The number of nitrogens with one attached hydrogen (secondary N) is 1. The van der Waals surface area contributed by atoms with Gasteiger partial charge in [-0.25, -0.2) is 14.5 Å². The summed E-state index contributed by atoms with van der Waals surface area (Å²) in [5, 5.41) is 11.1. The summed E-state index contributed by atoms with van der Waals surface area (Å²) >= 11 is 5.78. The van der Waals surface area contributed by atoms with E-state index in [4.69, 9.17) is 26.6 Å². The predicted molar refractivity (Wildman–Crippen MR) is 78.8 cm³/mol. The molecule has 3 N–H and O–H groups in total. The van der Waals surface area contributed by atoms with E-state index in [1.54, 1.807) is 6.07 Å². The Morgan fingerprint density at radius 1 is 1.35 bits per heavy atom. The second-order valence-electron chi connectivity index (χ2n) is 4.08. The van der Waals surface area contributed by atoms with Crippen LogP contribution in [-0.2, 0) is 4.57 Å². The van der Waals surface area contributed by atoms with Gasteiger partial charge in [-0.3, -0.25) is 14.6 Å². The van der Waals surface area contributed by atoms with Crippen LogP contribution in [0.5, 0.6) is 5.75 Å². The number of anilines is 1. The largest absolute Gasteiger partial charge is 0.524 e. The molecule has 0 saturated heterocycles. The Balaban J connectivity index is 2.28. The van der Waals surface area contributed by atoms with Crippen LogP contribution in [0.4, 0.5) is 5.82 Å². The topological polar surface area (TPSA) is 145 Å². The number of benzene rings is 1. The molecule has 0 aliphatic carbocycles. The monoisotopic (exact) mass is 354 g/mol. The number of carbonyl (C=O) groups excluding carboxylic acids is 1. The van der Waals surface area contributed by atoms with Gasteiger partial charge in [0.15, 0.2) is 11.5 Å². The van der Waals surface area contributed by atoms with Gasteiger partial charge in [-0.15, -0.1) is 0 Å². The van der Waals surface area contributed by atoms with Crippen LogP contribution in [0.25, 0.3) is 0 Å². The van der Waals surface area contributed by atoms with E-state index in [1.807, 2.05) is 0 Å². The van der Waals surface area contributed by atoms with Gasteiger partial charge < -0.3 is 9.84 Å². The van der Waals surface area contributed by atoms with Crippen molar-refractivity contribution in [2.45, 2.75) is 0 Å². The molecule has 0 aliphatic rings. The van der Waals surface area contributed by atoms with Crippen molar-refractivity contribution < 1.29 is 23.7 Å². The Bertz CT molecular complexity index is 830. The van der Waals surface area contributed by atoms with Gasteiger partial charge in [0.25, 0.3) is 5.91 Å². The first-order valence-electron chi connectivity index (χ1n) is 5.86. The smallest absolute Gasteiger partial charge is 0.403 e. The number of carbonyl (C=O) groups is 1. The molecule has 2 rings (SSSR count). The summed E-state index contributed by atoms with van der Waals surface area (Å²) in [4.78, 5) is 37.4. The highest BCUT2D eigenvalue weighted by Gasteiger charge is 2.22. The van der Waals surface area contributed by atoms with Crippen LogP contribution in [-0.4, -0.2) is 25.7 Å². The van der Waals surface area contributed by atoms with Crippen molar-refractivity contribution in [2.75, 3.05) is 5.32 Å². The van der Waals surface area contributed by atoms with Gasteiger partial charge in [0.05, 0.1) is 18.0 Å². The molecular formula is C12H8ClN4O5P. The zero-order valence-corrected chi connectivity index (χ0v) is 12.8. The summed E-state index contributed by atoms with van der Waals surface area (Å²) in [5.41, 5.74) is -0.136. The third-order valence-corrected chi connectivity index (χ3v) is 3.08. The van der Waals surface area contributed by atoms with Gasteiger partial charge in [0, 0.05) is 5.02 Å². The molecule has 1 aromatic heterocycles. The van der Waals surface area contributed by atoms with Crippen molar-refractivity contribution >= 4 is 31.1 Å². The number of halogens is 1. The Morgan fingerprint density at radius 2 is 2.09 bits per heavy atom. The average molecular weight is 355 g/mol. The number of phosphoric ester groups is 1. The molecule has 0 radical (unpaired) electrons. The fourth-order valence-electron chi connectivity index (χ4n) is 1.52. The van der Waals surface area contributed by atoms with Crippen LogP contribution in [0.1, 0.15) is 16.1 Å². The molecular weight excluding hydrogens is 347 g/mol. The van der Waals surface area contributed by atoms with Crippen molar-refractivity contribution in [1.82, 2.24) is 9.97 Å². The molecule has 1 aromatic carbocycles. The first-order chi connectivity index (χ1) is 10.8. The number of nitrogens with zero attached hydrogens (tertiary/aromatic N) is 3. The maximum absolute atomic E-state index is 12.2. The third kappa shape index (κ3) is 4.74. The van der Waals surface area contributed by atoms with Gasteiger partial charge in [0.2, 0.25) is 0 Å². The molecule has 23 heavy (non-hydrogen) atoms. The maximum atomic E-state index is 12.2. The molecule has 0 bridgehead atoms. The average Bonchev–Trinajstić information content (AvgIpc) is 2.48. The molecule has 0 saturated carbocycles. The molecule has 1 heterocycles. The van der Waals surface area contributed by atoms with E-state index in [1.165, 1.54) is 12.1 Å². The lowest BCUT2D eigenvalue weighted by atomic mass is 10.2. The zero-order valence-electron chi connectivity index (χ0n) is 11.2. The van der Waals surface area contributed by atoms with Crippen molar-refractivity contribution in [2.24, 2.45) is 0 Å². The minimum atomic E-state index is -4.85. The molecule has 2 aromatic rings. The molecule has 0 unspecified atom stereocenters. The van der Waals surface area contributed by atoms with Gasteiger partial charge in [-0.1, -0.05) is 11.6 Å². The van der Waals surface area contributed by atoms with Crippen LogP contribution < -0.4 is 9.84 Å². The van der Waals surface area contributed by atoms with Crippen LogP contribution in [0.3, 0.4) is 0 Å². The molecule has 118 valence electrons.